The Balaban J connectivity index is 2.94. The summed E-state index contributed by atoms with van der Waals surface area (Å²) in [5.41, 5.74) is 6.11. The molecule has 0 saturated carbocycles. The molecule has 4 nitrogen and oxygen atoms in total. The van der Waals surface area contributed by atoms with Gasteiger partial charge in [0.1, 0.15) is 5.75 Å². The quantitative estimate of drug-likeness (QED) is 0.588. The Morgan fingerprint density at radius 3 is 2.75 bits per heavy atom. The maximum Gasteiger partial charge on any atom is 0.138 e. The molecular formula is C8H12N2O2. The van der Waals surface area contributed by atoms with E-state index >= 15 is 0 Å². The summed E-state index contributed by atoms with van der Waals surface area (Å²) in [4.78, 5) is 3.70. The van der Waals surface area contributed by atoms with E-state index < -0.39 is 12.1 Å². The van der Waals surface area contributed by atoms with Crippen LogP contribution in [0.15, 0.2) is 18.5 Å². The molecule has 0 aliphatic heterocycles. The number of hydrogen-bond donors (Lipinski definition) is 3. The molecule has 1 rings (SSSR count). The Morgan fingerprint density at radius 2 is 2.25 bits per heavy atom. The van der Waals surface area contributed by atoms with E-state index in [1.54, 1.807) is 13.0 Å². The van der Waals surface area contributed by atoms with Crippen LogP contribution in [-0.4, -0.2) is 21.3 Å². The summed E-state index contributed by atoms with van der Waals surface area (Å²) in [6.07, 6.45) is 2.15. The fraction of sp³-hybridized carbons (Fsp3) is 0.375. The van der Waals surface area contributed by atoms with Gasteiger partial charge in [-0.3, -0.25) is 4.98 Å². The van der Waals surface area contributed by atoms with E-state index in [0.717, 1.165) is 0 Å². The average molecular weight is 168 g/mol. The smallest absolute Gasteiger partial charge is 0.138 e. The van der Waals surface area contributed by atoms with Gasteiger partial charge in [-0.2, -0.15) is 0 Å². The van der Waals surface area contributed by atoms with Gasteiger partial charge in [0.2, 0.25) is 0 Å². The molecule has 2 atom stereocenters. The number of pyridine rings is 1. The zero-order valence-corrected chi connectivity index (χ0v) is 6.81. The van der Waals surface area contributed by atoms with Crippen LogP contribution in [0.5, 0.6) is 5.75 Å². The molecule has 0 aromatic carbocycles. The summed E-state index contributed by atoms with van der Waals surface area (Å²) < 4.78 is 0. The second-order valence-corrected chi connectivity index (χ2v) is 2.70. The highest BCUT2D eigenvalue weighted by Gasteiger charge is 2.14. The second kappa shape index (κ2) is 3.51. The van der Waals surface area contributed by atoms with Crippen LogP contribution < -0.4 is 5.73 Å². The molecule has 12 heavy (non-hydrogen) atoms. The molecule has 4 N–H and O–H groups in total. The van der Waals surface area contributed by atoms with Gasteiger partial charge in [-0.25, -0.2) is 0 Å². The summed E-state index contributed by atoms with van der Waals surface area (Å²) in [6.45, 7) is 1.57. The van der Waals surface area contributed by atoms with Crippen molar-refractivity contribution in [3.05, 3.63) is 24.0 Å². The number of aromatic nitrogens is 1. The highest BCUT2D eigenvalue weighted by Crippen LogP contribution is 2.22. The Morgan fingerprint density at radius 1 is 1.58 bits per heavy atom. The first-order valence-corrected chi connectivity index (χ1v) is 3.69. The fourth-order valence-electron chi connectivity index (χ4n) is 0.939. The molecule has 0 bridgehead atoms. The summed E-state index contributed by atoms with van der Waals surface area (Å²) in [7, 11) is 0. The van der Waals surface area contributed by atoms with Crippen molar-refractivity contribution in [2.45, 2.75) is 19.1 Å². The standard InChI is InChI=1S/C8H12N2O2/c1-5(11)8(9)6-2-3-10-4-7(6)12/h2-5,8,11-12H,9H2,1H3/t5-,8-/m1/s1. The number of aliphatic hydroxyl groups excluding tert-OH is 1. The molecule has 0 saturated heterocycles. The molecule has 1 aromatic rings. The van der Waals surface area contributed by atoms with E-state index in [-0.39, 0.29) is 5.75 Å². The molecule has 0 unspecified atom stereocenters. The lowest BCUT2D eigenvalue weighted by Gasteiger charge is -2.15. The minimum Gasteiger partial charge on any atom is -0.506 e. The van der Waals surface area contributed by atoms with E-state index in [2.05, 4.69) is 4.98 Å². The Hall–Kier alpha value is -1.13. The predicted molar refractivity (Wildman–Crippen MR) is 44.5 cm³/mol. The summed E-state index contributed by atoms with van der Waals surface area (Å²) >= 11 is 0. The van der Waals surface area contributed by atoms with Gasteiger partial charge in [0.15, 0.2) is 0 Å². The zero-order valence-electron chi connectivity index (χ0n) is 6.81. The maximum absolute atomic E-state index is 9.28. The SMILES string of the molecule is C[C@@H](O)[C@@H](N)c1ccncc1O. The van der Waals surface area contributed by atoms with Crippen LogP contribution in [0.25, 0.3) is 0 Å². The van der Waals surface area contributed by atoms with Gasteiger partial charge >= 0.3 is 0 Å². The molecule has 1 aromatic heterocycles. The third kappa shape index (κ3) is 1.72. The lowest BCUT2D eigenvalue weighted by molar-refractivity contribution is 0.163. The number of nitrogens with zero attached hydrogens (tertiary/aromatic N) is 1. The van der Waals surface area contributed by atoms with Crippen molar-refractivity contribution >= 4 is 0 Å². The Bertz CT molecular complexity index is 263. The first kappa shape index (κ1) is 8.96. The van der Waals surface area contributed by atoms with Crippen molar-refractivity contribution in [3.8, 4) is 5.75 Å². The molecular weight excluding hydrogens is 156 g/mol. The molecule has 0 amide bonds. The highest BCUT2D eigenvalue weighted by atomic mass is 16.3. The van der Waals surface area contributed by atoms with E-state index in [9.17, 15) is 5.11 Å². The number of nitrogens with two attached hydrogens (primary N) is 1. The van der Waals surface area contributed by atoms with Gasteiger partial charge < -0.3 is 15.9 Å². The van der Waals surface area contributed by atoms with Crippen LogP contribution in [-0.2, 0) is 0 Å². The first-order chi connectivity index (χ1) is 5.63. The van der Waals surface area contributed by atoms with Crippen LogP contribution in [0.1, 0.15) is 18.5 Å². The minimum absolute atomic E-state index is 0.0194. The number of aliphatic hydroxyl groups is 1. The van der Waals surface area contributed by atoms with Gasteiger partial charge in [0.05, 0.1) is 18.3 Å². The van der Waals surface area contributed by atoms with Gasteiger partial charge in [-0.05, 0) is 13.0 Å². The monoisotopic (exact) mass is 168 g/mol. The zero-order chi connectivity index (χ0) is 9.14. The first-order valence-electron chi connectivity index (χ1n) is 3.69. The Labute approximate surface area is 70.7 Å². The summed E-state index contributed by atoms with van der Waals surface area (Å²) in [5.74, 6) is 0.0194. The van der Waals surface area contributed by atoms with Gasteiger partial charge in [-0.1, -0.05) is 0 Å². The van der Waals surface area contributed by atoms with E-state index in [4.69, 9.17) is 10.8 Å². The molecule has 66 valence electrons. The van der Waals surface area contributed by atoms with E-state index in [0.29, 0.717) is 5.56 Å². The molecule has 0 aliphatic carbocycles. The average Bonchev–Trinajstić information content (AvgIpc) is 2.04. The lowest BCUT2D eigenvalue weighted by atomic mass is 10.0. The molecule has 0 aliphatic rings. The largest absolute Gasteiger partial charge is 0.506 e. The van der Waals surface area contributed by atoms with Gasteiger partial charge in [0.25, 0.3) is 0 Å². The van der Waals surface area contributed by atoms with Crippen molar-refractivity contribution in [1.82, 2.24) is 4.98 Å². The highest BCUT2D eigenvalue weighted by molar-refractivity contribution is 5.31. The normalized spacial score (nSPS) is 15.6. The van der Waals surface area contributed by atoms with Crippen LogP contribution >= 0.6 is 0 Å². The van der Waals surface area contributed by atoms with Gasteiger partial charge in [0, 0.05) is 11.8 Å². The maximum atomic E-state index is 9.28. The summed E-state index contributed by atoms with van der Waals surface area (Å²) in [5, 5.41) is 18.4. The van der Waals surface area contributed by atoms with Crippen LogP contribution in [0, 0.1) is 0 Å². The number of rotatable bonds is 2. The number of aromatic hydroxyl groups is 1. The second-order valence-electron chi connectivity index (χ2n) is 2.70. The Kier molecular flexibility index (Phi) is 2.62. The lowest BCUT2D eigenvalue weighted by Crippen LogP contribution is -2.23. The van der Waals surface area contributed by atoms with Gasteiger partial charge in [-0.15, -0.1) is 0 Å². The van der Waals surface area contributed by atoms with Crippen LogP contribution in [0.3, 0.4) is 0 Å². The van der Waals surface area contributed by atoms with E-state index in [1.807, 2.05) is 0 Å². The van der Waals surface area contributed by atoms with Crippen molar-refractivity contribution in [2.24, 2.45) is 5.73 Å². The van der Waals surface area contributed by atoms with Crippen LogP contribution in [0.2, 0.25) is 0 Å². The van der Waals surface area contributed by atoms with E-state index in [1.165, 1.54) is 12.4 Å². The van der Waals surface area contributed by atoms with Crippen molar-refractivity contribution in [2.75, 3.05) is 0 Å². The van der Waals surface area contributed by atoms with Crippen molar-refractivity contribution < 1.29 is 10.2 Å². The van der Waals surface area contributed by atoms with Crippen molar-refractivity contribution in [3.63, 3.8) is 0 Å². The molecule has 4 heteroatoms. The number of hydrogen-bond acceptors (Lipinski definition) is 4. The van der Waals surface area contributed by atoms with Crippen LogP contribution in [0.4, 0.5) is 0 Å². The van der Waals surface area contributed by atoms with Crippen molar-refractivity contribution in [1.29, 1.82) is 0 Å². The molecule has 0 spiro atoms. The molecule has 0 fully saturated rings. The molecule has 1 heterocycles. The third-order valence-corrected chi connectivity index (χ3v) is 1.71. The topological polar surface area (TPSA) is 79.4 Å². The third-order valence-electron chi connectivity index (χ3n) is 1.71. The molecule has 0 radical (unpaired) electrons. The summed E-state index contributed by atoms with van der Waals surface area (Å²) in [6, 6.07) is 1.03. The fourth-order valence-corrected chi connectivity index (χ4v) is 0.939. The predicted octanol–water partition coefficient (Wildman–Crippen LogP) is 0.168. The minimum atomic E-state index is -0.682.